The summed E-state index contributed by atoms with van der Waals surface area (Å²) >= 11 is 0. The molecule has 0 aliphatic carbocycles. The van der Waals surface area contributed by atoms with E-state index in [0.29, 0.717) is 5.69 Å². The van der Waals surface area contributed by atoms with Gasteiger partial charge in [0.05, 0.1) is 11.4 Å². The predicted octanol–water partition coefficient (Wildman–Crippen LogP) is 1.31. The van der Waals surface area contributed by atoms with Crippen molar-refractivity contribution in [3.63, 3.8) is 0 Å². The summed E-state index contributed by atoms with van der Waals surface area (Å²) < 4.78 is 25.7. The molecule has 0 spiro atoms. The first-order valence-corrected chi connectivity index (χ1v) is 6.79. The highest BCUT2D eigenvalue weighted by atomic mass is 32.2. The minimum absolute atomic E-state index is 0.0562. The van der Waals surface area contributed by atoms with Gasteiger partial charge in [-0.25, -0.2) is 8.42 Å². The molecule has 5 heteroatoms. The van der Waals surface area contributed by atoms with Gasteiger partial charge in [0.25, 0.3) is 0 Å². The lowest BCUT2D eigenvalue weighted by atomic mass is 10.1. The Morgan fingerprint density at radius 1 is 1.12 bits per heavy atom. The lowest BCUT2D eigenvalue weighted by Crippen LogP contribution is -2.22. The van der Waals surface area contributed by atoms with Crippen molar-refractivity contribution in [1.82, 2.24) is 0 Å². The largest absolute Gasteiger partial charge is 0.329 e. The van der Waals surface area contributed by atoms with Crippen molar-refractivity contribution < 1.29 is 8.42 Å². The summed E-state index contributed by atoms with van der Waals surface area (Å²) in [6.45, 7) is 5.96. The Kier molecular flexibility index (Phi) is 3.93. The second kappa shape index (κ2) is 4.84. The van der Waals surface area contributed by atoms with Crippen LogP contribution >= 0.6 is 0 Å². The van der Waals surface area contributed by atoms with E-state index in [9.17, 15) is 8.42 Å². The summed E-state index contributed by atoms with van der Waals surface area (Å²) in [5.41, 5.74) is 9.01. The van der Waals surface area contributed by atoms with Gasteiger partial charge < -0.3 is 5.73 Å². The summed E-state index contributed by atoms with van der Waals surface area (Å²) in [6, 6.07) is 3.81. The van der Waals surface area contributed by atoms with Crippen molar-refractivity contribution in [1.29, 1.82) is 0 Å². The van der Waals surface area contributed by atoms with Crippen LogP contribution in [0.5, 0.6) is 0 Å². The fraction of sp³-hybridized carbons (Fsp3) is 0.455. The Balaban J connectivity index is 3.03. The van der Waals surface area contributed by atoms with Gasteiger partial charge in [-0.05, 0) is 43.5 Å². The molecule has 1 rings (SSSR count). The third kappa shape index (κ3) is 3.21. The van der Waals surface area contributed by atoms with Gasteiger partial charge in [-0.3, -0.25) is 4.72 Å². The number of anilines is 1. The number of hydrogen-bond acceptors (Lipinski definition) is 3. The van der Waals surface area contributed by atoms with Crippen LogP contribution in [0.15, 0.2) is 12.1 Å². The van der Waals surface area contributed by atoms with Crippen molar-refractivity contribution in [3.05, 3.63) is 28.8 Å². The van der Waals surface area contributed by atoms with E-state index in [2.05, 4.69) is 4.72 Å². The van der Waals surface area contributed by atoms with E-state index in [1.54, 1.807) is 0 Å². The maximum absolute atomic E-state index is 11.6. The summed E-state index contributed by atoms with van der Waals surface area (Å²) in [6.07, 6.45) is 0. The van der Waals surface area contributed by atoms with Crippen molar-refractivity contribution >= 4 is 15.7 Å². The second-order valence-corrected chi connectivity index (χ2v) is 5.80. The zero-order valence-corrected chi connectivity index (χ0v) is 10.7. The molecule has 0 fully saturated rings. The van der Waals surface area contributed by atoms with Crippen molar-refractivity contribution in [2.24, 2.45) is 5.73 Å². The van der Waals surface area contributed by atoms with Gasteiger partial charge in [0.2, 0.25) is 10.0 Å². The fourth-order valence-corrected chi connectivity index (χ4v) is 2.41. The molecule has 0 unspecified atom stereocenters. The first-order valence-electron chi connectivity index (χ1n) is 5.14. The van der Waals surface area contributed by atoms with Crippen LogP contribution in [-0.4, -0.2) is 20.7 Å². The van der Waals surface area contributed by atoms with E-state index in [0.717, 1.165) is 16.7 Å². The quantitative estimate of drug-likeness (QED) is 0.836. The zero-order valence-electron chi connectivity index (χ0n) is 9.87. The lowest BCUT2D eigenvalue weighted by Gasteiger charge is -2.12. The van der Waals surface area contributed by atoms with Gasteiger partial charge in [0, 0.05) is 6.54 Å². The monoisotopic (exact) mass is 242 g/mol. The van der Waals surface area contributed by atoms with Crippen LogP contribution in [0, 0.1) is 20.8 Å². The smallest absolute Gasteiger partial charge is 0.233 e. The van der Waals surface area contributed by atoms with Crippen LogP contribution in [0.1, 0.15) is 16.7 Å². The standard InChI is InChI=1S/C11H18N2O2S/c1-8-6-10(3)11(7-9(8)2)13-16(14,15)5-4-12/h6-7,13H,4-5,12H2,1-3H3. The molecule has 0 aromatic heterocycles. The maximum atomic E-state index is 11.6. The van der Waals surface area contributed by atoms with E-state index in [-0.39, 0.29) is 12.3 Å². The van der Waals surface area contributed by atoms with Crippen LogP contribution in [0.4, 0.5) is 5.69 Å². The number of hydrogen-bond donors (Lipinski definition) is 2. The fourth-order valence-electron chi connectivity index (χ4n) is 1.44. The molecule has 0 aliphatic rings. The maximum Gasteiger partial charge on any atom is 0.233 e. The van der Waals surface area contributed by atoms with Gasteiger partial charge in [-0.2, -0.15) is 0 Å². The molecule has 90 valence electrons. The van der Waals surface area contributed by atoms with E-state index < -0.39 is 10.0 Å². The van der Waals surface area contributed by atoms with E-state index >= 15 is 0 Å². The second-order valence-electron chi connectivity index (χ2n) is 3.96. The number of nitrogens with one attached hydrogen (secondary N) is 1. The number of rotatable bonds is 4. The minimum atomic E-state index is -3.31. The Hall–Kier alpha value is -1.07. The third-order valence-corrected chi connectivity index (χ3v) is 3.80. The van der Waals surface area contributed by atoms with Crippen LogP contribution in [-0.2, 0) is 10.0 Å². The van der Waals surface area contributed by atoms with Crippen LogP contribution in [0.3, 0.4) is 0 Å². The Bertz CT molecular complexity index is 481. The van der Waals surface area contributed by atoms with Gasteiger partial charge in [0.1, 0.15) is 0 Å². The van der Waals surface area contributed by atoms with E-state index in [4.69, 9.17) is 5.73 Å². The zero-order chi connectivity index (χ0) is 12.3. The molecular formula is C11H18N2O2S. The summed E-state index contributed by atoms with van der Waals surface area (Å²) in [4.78, 5) is 0. The third-order valence-electron chi connectivity index (χ3n) is 2.49. The Morgan fingerprint density at radius 2 is 1.69 bits per heavy atom. The van der Waals surface area contributed by atoms with Gasteiger partial charge in [-0.1, -0.05) is 6.07 Å². The number of nitrogens with two attached hydrogens (primary N) is 1. The normalized spacial score (nSPS) is 11.5. The van der Waals surface area contributed by atoms with Gasteiger partial charge in [-0.15, -0.1) is 0 Å². The van der Waals surface area contributed by atoms with E-state index in [1.807, 2.05) is 32.9 Å². The first-order chi connectivity index (χ1) is 7.35. The number of sulfonamides is 1. The Morgan fingerprint density at radius 3 is 2.25 bits per heavy atom. The van der Waals surface area contributed by atoms with Gasteiger partial charge >= 0.3 is 0 Å². The molecule has 1 aromatic rings. The topological polar surface area (TPSA) is 72.2 Å². The summed E-state index contributed by atoms with van der Waals surface area (Å²) in [5, 5.41) is 0. The number of benzene rings is 1. The molecule has 0 saturated carbocycles. The molecule has 0 atom stereocenters. The highest BCUT2D eigenvalue weighted by Crippen LogP contribution is 2.20. The highest BCUT2D eigenvalue weighted by Gasteiger charge is 2.11. The molecular weight excluding hydrogens is 224 g/mol. The SMILES string of the molecule is Cc1cc(C)c(NS(=O)(=O)CCN)cc1C. The highest BCUT2D eigenvalue weighted by molar-refractivity contribution is 7.92. The molecule has 0 radical (unpaired) electrons. The molecule has 0 amide bonds. The van der Waals surface area contributed by atoms with Crippen LogP contribution in [0.2, 0.25) is 0 Å². The van der Waals surface area contributed by atoms with Crippen LogP contribution < -0.4 is 10.5 Å². The summed E-state index contributed by atoms with van der Waals surface area (Å²) in [5.74, 6) is -0.0562. The summed E-state index contributed by atoms with van der Waals surface area (Å²) in [7, 11) is -3.31. The van der Waals surface area contributed by atoms with E-state index in [1.165, 1.54) is 0 Å². The minimum Gasteiger partial charge on any atom is -0.329 e. The number of aryl methyl sites for hydroxylation is 3. The van der Waals surface area contributed by atoms with Crippen molar-refractivity contribution in [3.8, 4) is 0 Å². The van der Waals surface area contributed by atoms with Crippen molar-refractivity contribution in [2.45, 2.75) is 20.8 Å². The average Bonchev–Trinajstić information content (AvgIpc) is 2.13. The Labute approximate surface area is 96.9 Å². The van der Waals surface area contributed by atoms with Crippen molar-refractivity contribution in [2.75, 3.05) is 17.0 Å². The molecule has 1 aromatic carbocycles. The average molecular weight is 242 g/mol. The lowest BCUT2D eigenvalue weighted by molar-refractivity contribution is 0.601. The molecule has 0 bridgehead atoms. The molecule has 0 aliphatic heterocycles. The molecule has 0 saturated heterocycles. The first kappa shape index (κ1) is 13.0. The van der Waals surface area contributed by atoms with Gasteiger partial charge in [0.15, 0.2) is 0 Å². The molecule has 3 N–H and O–H groups in total. The predicted molar refractivity (Wildman–Crippen MR) is 67.1 cm³/mol. The molecule has 0 heterocycles. The van der Waals surface area contributed by atoms with Crippen LogP contribution in [0.25, 0.3) is 0 Å². The molecule has 16 heavy (non-hydrogen) atoms. The molecule has 4 nitrogen and oxygen atoms in total.